The molecule has 3 N–H and O–H groups in total. The number of hydrogen-bond donors (Lipinski definition) is 3. The van der Waals surface area contributed by atoms with E-state index in [0.29, 0.717) is 19.5 Å². The molecule has 0 aliphatic rings. The molecule has 0 saturated carbocycles. The fourth-order valence-corrected chi connectivity index (χ4v) is 1.42. The van der Waals surface area contributed by atoms with Crippen molar-refractivity contribution in [2.75, 3.05) is 19.6 Å². The van der Waals surface area contributed by atoms with E-state index >= 15 is 0 Å². The van der Waals surface area contributed by atoms with E-state index in [4.69, 9.17) is 0 Å². The Morgan fingerprint density at radius 2 is 2.05 bits per heavy atom. The van der Waals surface area contributed by atoms with Crippen LogP contribution in [0.2, 0.25) is 0 Å². The number of nitrogens with zero attached hydrogens (tertiary/aromatic N) is 1. The smallest absolute Gasteiger partial charge is 0.315 e. The molecule has 6 nitrogen and oxygen atoms in total. The van der Waals surface area contributed by atoms with Gasteiger partial charge in [0.15, 0.2) is 0 Å². The van der Waals surface area contributed by atoms with E-state index in [0.717, 1.165) is 12.0 Å². The van der Waals surface area contributed by atoms with Gasteiger partial charge in [-0.2, -0.15) is 0 Å². The maximum absolute atomic E-state index is 11.4. The van der Waals surface area contributed by atoms with Crippen LogP contribution in [0.5, 0.6) is 0 Å². The summed E-state index contributed by atoms with van der Waals surface area (Å²) < 4.78 is 0. The number of carbonyl (C=O) groups excluding carboxylic acids is 2. The molecule has 0 aliphatic carbocycles. The summed E-state index contributed by atoms with van der Waals surface area (Å²) in [5, 5.41) is 7.86. The average molecular weight is 264 g/mol. The zero-order valence-electron chi connectivity index (χ0n) is 11.1. The van der Waals surface area contributed by atoms with Crippen molar-refractivity contribution in [1.29, 1.82) is 0 Å². The van der Waals surface area contributed by atoms with Gasteiger partial charge in [-0.25, -0.2) is 4.79 Å². The third kappa shape index (κ3) is 7.03. The van der Waals surface area contributed by atoms with Crippen molar-refractivity contribution in [3.05, 3.63) is 30.1 Å². The molecule has 0 radical (unpaired) electrons. The first-order chi connectivity index (χ1) is 9.22. The van der Waals surface area contributed by atoms with Crippen molar-refractivity contribution in [3.8, 4) is 0 Å². The van der Waals surface area contributed by atoms with Gasteiger partial charge in [-0.05, 0) is 24.5 Å². The lowest BCUT2D eigenvalue weighted by atomic mass is 10.2. The molecule has 1 aromatic heterocycles. The summed E-state index contributed by atoms with van der Waals surface area (Å²) in [6, 6.07) is 3.47. The maximum Gasteiger partial charge on any atom is 0.315 e. The van der Waals surface area contributed by atoms with Crippen LogP contribution in [-0.4, -0.2) is 36.6 Å². The second kappa shape index (κ2) is 8.91. The topological polar surface area (TPSA) is 83.1 Å². The molecule has 0 bridgehead atoms. The summed E-state index contributed by atoms with van der Waals surface area (Å²) in [6.07, 6.45) is 5.06. The number of nitrogens with one attached hydrogen (secondary N) is 3. The van der Waals surface area contributed by atoms with Gasteiger partial charge in [0.05, 0.1) is 6.54 Å². The molecule has 104 valence electrons. The molecule has 19 heavy (non-hydrogen) atoms. The van der Waals surface area contributed by atoms with Crippen molar-refractivity contribution in [1.82, 2.24) is 20.9 Å². The minimum atomic E-state index is -0.337. The highest BCUT2D eigenvalue weighted by Crippen LogP contribution is 1.95. The van der Waals surface area contributed by atoms with Gasteiger partial charge in [0.2, 0.25) is 5.91 Å². The number of hydrogen-bond acceptors (Lipinski definition) is 3. The zero-order chi connectivity index (χ0) is 13.9. The van der Waals surface area contributed by atoms with Gasteiger partial charge in [0.1, 0.15) is 0 Å². The maximum atomic E-state index is 11.4. The summed E-state index contributed by atoms with van der Waals surface area (Å²) in [5.74, 6) is -0.177. The van der Waals surface area contributed by atoms with Crippen LogP contribution >= 0.6 is 0 Å². The largest absolute Gasteiger partial charge is 0.355 e. The molecule has 0 aliphatic heterocycles. The van der Waals surface area contributed by atoms with Gasteiger partial charge < -0.3 is 16.0 Å². The monoisotopic (exact) mass is 264 g/mol. The van der Waals surface area contributed by atoms with E-state index in [1.54, 1.807) is 12.4 Å². The van der Waals surface area contributed by atoms with Crippen LogP contribution in [0.25, 0.3) is 0 Å². The molecule has 6 heteroatoms. The molecule has 1 aromatic rings. The Labute approximate surface area is 113 Å². The van der Waals surface area contributed by atoms with E-state index in [2.05, 4.69) is 20.9 Å². The minimum absolute atomic E-state index is 0.00126. The summed E-state index contributed by atoms with van der Waals surface area (Å²) in [4.78, 5) is 26.6. The Balaban J connectivity index is 2.10. The highest BCUT2D eigenvalue weighted by molar-refractivity contribution is 5.83. The lowest BCUT2D eigenvalue weighted by Crippen LogP contribution is -2.42. The van der Waals surface area contributed by atoms with Crippen LogP contribution in [0.1, 0.15) is 18.9 Å². The van der Waals surface area contributed by atoms with E-state index in [1.807, 2.05) is 19.1 Å². The fourth-order valence-electron chi connectivity index (χ4n) is 1.42. The second-order valence-electron chi connectivity index (χ2n) is 4.07. The predicted octanol–water partition coefficient (Wildman–Crippen LogP) is 0.449. The fraction of sp³-hybridized carbons (Fsp3) is 0.462. The van der Waals surface area contributed by atoms with Crippen LogP contribution in [0, 0.1) is 0 Å². The number of carbonyl (C=O) groups is 2. The van der Waals surface area contributed by atoms with Crippen molar-refractivity contribution >= 4 is 11.9 Å². The first kappa shape index (κ1) is 14.9. The number of pyridine rings is 1. The van der Waals surface area contributed by atoms with Crippen molar-refractivity contribution < 1.29 is 9.59 Å². The number of aromatic nitrogens is 1. The molecule has 0 atom stereocenters. The van der Waals surface area contributed by atoms with Gasteiger partial charge >= 0.3 is 6.03 Å². The first-order valence-corrected chi connectivity index (χ1v) is 6.39. The SMILES string of the molecule is CCCNC(=O)CNC(=O)NCCc1cccnc1. The van der Waals surface area contributed by atoms with Gasteiger partial charge in [-0.1, -0.05) is 13.0 Å². The van der Waals surface area contributed by atoms with Crippen LogP contribution in [0.15, 0.2) is 24.5 Å². The summed E-state index contributed by atoms with van der Waals surface area (Å²) in [6.45, 7) is 3.11. The molecule has 0 unspecified atom stereocenters. The molecule has 0 aromatic carbocycles. The molecule has 1 rings (SSSR count). The molecule has 3 amide bonds. The molecule has 0 saturated heterocycles. The minimum Gasteiger partial charge on any atom is -0.355 e. The Morgan fingerprint density at radius 3 is 2.74 bits per heavy atom. The zero-order valence-corrected chi connectivity index (χ0v) is 11.1. The normalized spacial score (nSPS) is 9.74. The Morgan fingerprint density at radius 1 is 1.21 bits per heavy atom. The first-order valence-electron chi connectivity index (χ1n) is 6.39. The Hall–Kier alpha value is -2.11. The predicted molar refractivity (Wildman–Crippen MR) is 72.6 cm³/mol. The molecule has 0 fully saturated rings. The van der Waals surface area contributed by atoms with Crippen molar-refractivity contribution in [2.24, 2.45) is 0 Å². The summed E-state index contributed by atoms with van der Waals surface area (Å²) in [5.41, 5.74) is 1.06. The summed E-state index contributed by atoms with van der Waals surface area (Å²) >= 11 is 0. The highest BCUT2D eigenvalue weighted by atomic mass is 16.2. The van der Waals surface area contributed by atoms with Crippen molar-refractivity contribution in [2.45, 2.75) is 19.8 Å². The molecular weight excluding hydrogens is 244 g/mol. The van der Waals surface area contributed by atoms with Gasteiger partial charge in [-0.3, -0.25) is 9.78 Å². The van der Waals surface area contributed by atoms with Crippen molar-refractivity contribution in [3.63, 3.8) is 0 Å². The van der Waals surface area contributed by atoms with Crippen LogP contribution in [0.4, 0.5) is 4.79 Å². The third-order valence-corrected chi connectivity index (χ3v) is 2.40. The van der Waals surface area contributed by atoms with Crippen LogP contribution in [0.3, 0.4) is 0 Å². The van der Waals surface area contributed by atoms with Crippen LogP contribution in [-0.2, 0) is 11.2 Å². The molecular formula is C13H20N4O2. The summed E-state index contributed by atoms with van der Waals surface area (Å²) in [7, 11) is 0. The highest BCUT2D eigenvalue weighted by Gasteiger charge is 2.03. The van der Waals surface area contributed by atoms with Crippen LogP contribution < -0.4 is 16.0 Å². The Bertz CT molecular complexity index is 395. The van der Waals surface area contributed by atoms with E-state index in [-0.39, 0.29) is 18.5 Å². The second-order valence-corrected chi connectivity index (χ2v) is 4.07. The van der Waals surface area contributed by atoms with E-state index in [1.165, 1.54) is 0 Å². The number of amides is 3. The average Bonchev–Trinajstić information content (AvgIpc) is 2.44. The number of urea groups is 1. The molecule has 1 heterocycles. The van der Waals surface area contributed by atoms with Gasteiger partial charge in [0.25, 0.3) is 0 Å². The Kier molecular flexibility index (Phi) is 7.01. The molecule has 0 spiro atoms. The quantitative estimate of drug-likeness (QED) is 0.668. The standard InChI is InChI=1S/C13H20N4O2/c1-2-6-15-12(18)10-17-13(19)16-8-5-11-4-3-7-14-9-11/h3-4,7,9H,2,5-6,8,10H2,1H3,(H,15,18)(H2,16,17,19). The number of rotatable bonds is 7. The lowest BCUT2D eigenvalue weighted by molar-refractivity contribution is -0.120. The van der Waals surface area contributed by atoms with Gasteiger partial charge in [-0.15, -0.1) is 0 Å². The third-order valence-electron chi connectivity index (χ3n) is 2.40. The lowest BCUT2D eigenvalue weighted by Gasteiger charge is -2.07. The van der Waals surface area contributed by atoms with E-state index in [9.17, 15) is 9.59 Å². The van der Waals surface area contributed by atoms with E-state index < -0.39 is 0 Å². The van der Waals surface area contributed by atoms with Gasteiger partial charge in [0, 0.05) is 25.5 Å².